The summed E-state index contributed by atoms with van der Waals surface area (Å²) in [5.74, 6) is 1.67. The lowest BCUT2D eigenvalue weighted by atomic mass is 10.1. The van der Waals surface area contributed by atoms with Crippen LogP contribution in [0.4, 0.5) is 21.8 Å². The third-order valence-electron chi connectivity index (χ3n) is 4.54. The minimum Gasteiger partial charge on any atom is -0.362 e. The number of nitrogens with zero attached hydrogens (tertiary/aromatic N) is 4. The Balaban J connectivity index is 1.55. The van der Waals surface area contributed by atoms with Crippen LogP contribution in [0.1, 0.15) is 48.5 Å². The summed E-state index contributed by atoms with van der Waals surface area (Å²) in [7, 11) is 0. The van der Waals surface area contributed by atoms with Gasteiger partial charge in [-0.05, 0) is 37.5 Å². The van der Waals surface area contributed by atoms with Crippen molar-refractivity contribution in [3.05, 3.63) is 59.3 Å². The first-order valence-electron chi connectivity index (χ1n) is 8.73. The molecule has 2 heterocycles. The fourth-order valence-corrected chi connectivity index (χ4v) is 2.86. The largest absolute Gasteiger partial charge is 0.362 e. The van der Waals surface area contributed by atoms with E-state index < -0.39 is 0 Å². The summed E-state index contributed by atoms with van der Waals surface area (Å²) in [6.45, 7) is 1.92. The summed E-state index contributed by atoms with van der Waals surface area (Å²) in [5.41, 5.74) is 2.27. The molecule has 136 valence electrons. The smallest absolute Gasteiger partial charge is 0.155 e. The second-order valence-corrected chi connectivity index (χ2v) is 6.58. The van der Waals surface area contributed by atoms with E-state index in [9.17, 15) is 9.65 Å². The van der Waals surface area contributed by atoms with E-state index in [0.717, 1.165) is 11.3 Å². The molecule has 0 spiro atoms. The van der Waals surface area contributed by atoms with Crippen LogP contribution in [0.25, 0.3) is 0 Å². The first-order valence-corrected chi connectivity index (χ1v) is 8.73. The third-order valence-corrected chi connectivity index (χ3v) is 4.54. The molecular formula is C19H18FN7. The fourth-order valence-electron chi connectivity index (χ4n) is 2.86. The van der Waals surface area contributed by atoms with Crippen molar-refractivity contribution in [1.82, 2.24) is 20.2 Å². The molecule has 0 bridgehead atoms. The Hall–Kier alpha value is -3.47. The van der Waals surface area contributed by atoms with E-state index in [4.69, 9.17) is 0 Å². The van der Waals surface area contributed by atoms with Crippen LogP contribution in [-0.4, -0.2) is 20.2 Å². The highest BCUT2D eigenvalue weighted by atomic mass is 19.1. The molecule has 7 nitrogen and oxygen atoms in total. The Bertz CT molecular complexity index is 986. The van der Waals surface area contributed by atoms with Gasteiger partial charge in [0, 0.05) is 23.7 Å². The lowest BCUT2D eigenvalue weighted by Crippen LogP contribution is -2.11. The maximum absolute atomic E-state index is 13.1. The normalized spacial score (nSPS) is 14.4. The van der Waals surface area contributed by atoms with Crippen molar-refractivity contribution in [1.29, 1.82) is 5.26 Å². The minimum absolute atomic E-state index is 0.160. The van der Waals surface area contributed by atoms with E-state index in [-0.39, 0.29) is 11.9 Å². The molecule has 1 aliphatic rings. The van der Waals surface area contributed by atoms with Crippen molar-refractivity contribution < 1.29 is 4.39 Å². The highest BCUT2D eigenvalue weighted by Crippen LogP contribution is 2.39. The van der Waals surface area contributed by atoms with Crippen LogP contribution < -0.4 is 10.6 Å². The molecule has 3 N–H and O–H groups in total. The molecule has 1 aromatic carbocycles. The zero-order valence-electron chi connectivity index (χ0n) is 14.7. The summed E-state index contributed by atoms with van der Waals surface area (Å²) in [5, 5.41) is 23.1. The zero-order chi connectivity index (χ0) is 18.8. The summed E-state index contributed by atoms with van der Waals surface area (Å²) in [6.07, 6.45) is 3.74. The molecule has 0 amide bonds. The predicted molar refractivity (Wildman–Crippen MR) is 99.0 cm³/mol. The predicted octanol–water partition coefficient (Wildman–Crippen LogP) is 4.00. The highest BCUT2D eigenvalue weighted by Gasteiger charge is 2.25. The van der Waals surface area contributed by atoms with E-state index in [0.29, 0.717) is 28.9 Å². The van der Waals surface area contributed by atoms with Crippen LogP contribution in [0.3, 0.4) is 0 Å². The van der Waals surface area contributed by atoms with Crippen LogP contribution in [-0.2, 0) is 0 Å². The summed E-state index contributed by atoms with van der Waals surface area (Å²) in [6, 6.07) is 10.1. The molecular weight excluding hydrogens is 345 g/mol. The molecule has 1 saturated carbocycles. The van der Waals surface area contributed by atoms with Gasteiger partial charge in [-0.3, -0.25) is 5.10 Å². The van der Waals surface area contributed by atoms with Gasteiger partial charge in [0.2, 0.25) is 0 Å². The van der Waals surface area contributed by atoms with Crippen molar-refractivity contribution in [3.63, 3.8) is 0 Å². The van der Waals surface area contributed by atoms with Gasteiger partial charge >= 0.3 is 0 Å². The van der Waals surface area contributed by atoms with Crippen LogP contribution >= 0.6 is 0 Å². The van der Waals surface area contributed by atoms with Gasteiger partial charge in [-0.1, -0.05) is 12.1 Å². The van der Waals surface area contributed by atoms with Crippen LogP contribution in [0, 0.1) is 17.1 Å². The first-order chi connectivity index (χ1) is 13.1. The van der Waals surface area contributed by atoms with E-state index in [1.165, 1.54) is 31.3 Å². The number of nitrogens with one attached hydrogen (secondary N) is 3. The van der Waals surface area contributed by atoms with Gasteiger partial charge in [-0.2, -0.15) is 10.4 Å². The van der Waals surface area contributed by atoms with Crippen LogP contribution in [0.5, 0.6) is 0 Å². The number of hydrogen-bond donors (Lipinski definition) is 3. The Morgan fingerprint density at radius 3 is 2.67 bits per heavy atom. The van der Waals surface area contributed by atoms with Crippen molar-refractivity contribution >= 4 is 17.5 Å². The number of rotatable bonds is 6. The first kappa shape index (κ1) is 17.0. The number of benzene rings is 1. The molecule has 0 aliphatic heterocycles. The van der Waals surface area contributed by atoms with Crippen molar-refractivity contribution in [2.75, 3.05) is 10.6 Å². The standard InChI is InChI=1S/C19H18FN7/c1-11(12-4-6-14(20)7-5-12)24-18-15(9-21)19(23-10-22-18)25-17-8-16(26-27-17)13-2-3-13/h4-8,10-11,13H,2-3H2,1H3,(H3,22,23,24,25,26,27)/t11-/m0/s1. The number of nitriles is 1. The van der Waals surface area contributed by atoms with E-state index in [2.05, 4.69) is 36.9 Å². The van der Waals surface area contributed by atoms with Crippen molar-refractivity contribution in [3.8, 4) is 6.07 Å². The number of hydrogen-bond acceptors (Lipinski definition) is 6. The Kier molecular flexibility index (Phi) is 4.42. The molecule has 27 heavy (non-hydrogen) atoms. The maximum atomic E-state index is 13.1. The highest BCUT2D eigenvalue weighted by molar-refractivity contribution is 5.68. The second kappa shape index (κ2) is 7.03. The Labute approximate surface area is 155 Å². The van der Waals surface area contributed by atoms with E-state index in [1.54, 1.807) is 12.1 Å². The van der Waals surface area contributed by atoms with Crippen molar-refractivity contribution in [2.45, 2.75) is 31.7 Å². The average molecular weight is 363 g/mol. The van der Waals surface area contributed by atoms with Gasteiger partial charge in [0.15, 0.2) is 11.6 Å². The Morgan fingerprint density at radius 2 is 1.96 bits per heavy atom. The molecule has 4 rings (SSSR count). The molecule has 0 saturated heterocycles. The topological polar surface area (TPSA) is 102 Å². The summed E-state index contributed by atoms with van der Waals surface area (Å²) < 4.78 is 13.1. The summed E-state index contributed by atoms with van der Waals surface area (Å²) >= 11 is 0. The molecule has 1 fully saturated rings. The SMILES string of the molecule is C[C@H](Nc1ncnc(Nc2cc(C3CC3)[nH]n2)c1C#N)c1ccc(F)cc1. The lowest BCUT2D eigenvalue weighted by Gasteiger charge is -2.16. The molecule has 3 aromatic rings. The molecule has 1 atom stereocenters. The molecule has 0 unspecified atom stereocenters. The number of H-pyrrole nitrogens is 1. The average Bonchev–Trinajstić information content (AvgIpc) is 3.42. The molecule has 1 aliphatic carbocycles. The lowest BCUT2D eigenvalue weighted by molar-refractivity contribution is 0.626. The molecule has 2 aromatic heterocycles. The summed E-state index contributed by atoms with van der Waals surface area (Å²) in [4.78, 5) is 8.37. The molecule has 8 heteroatoms. The quantitative estimate of drug-likeness (QED) is 0.612. The van der Waals surface area contributed by atoms with E-state index in [1.807, 2.05) is 13.0 Å². The van der Waals surface area contributed by atoms with E-state index >= 15 is 0 Å². The zero-order valence-corrected chi connectivity index (χ0v) is 14.7. The van der Waals surface area contributed by atoms with Gasteiger partial charge in [-0.15, -0.1) is 0 Å². The van der Waals surface area contributed by atoms with Crippen molar-refractivity contribution in [2.24, 2.45) is 0 Å². The van der Waals surface area contributed by atoms with Gasteiger partial charge in [0.1, 0.15) is 29.6 Å². The van der Waals surface area contributed by atoms with Gasteiger partial charge in [-0.25, -0.2) is 14.4 Å². The Morgan fingerprint density at radius 1 is 1.22 bits per heavy atom. The fraction of sp³-hybridized carbons (Fsp3) is 0.263. The third kappa shape index (κ3) is 3.72. The van der Waals surface area contributed by atoms with Gasteiger partial charge < -0.3 is 10.6 Å². The molecule has 0 radical (unpaired) electrons. The number of aromatic amines is 1. The number of aromatic nitrogens is 4. The second-order valence-electron chi connectivity index (χ2n) is 6.58. The monoisotopic (exact) mass is 363 g/mol. The maximum Gasteiger partial charge on any atom is 0.155 e. The van der Waals surface area contributed by atoms with Gasteiger partial charge in [0.05, 0.1) is 0 Å². The minimum atomic E-state index is -0.290. The van der Waals surface area contributed by atoms with Gasteiger partial charge in [0.25, 0.3) is 0 Å². The number of anilines is 3. The van der Waals surface area contributed by atoms with Crippen LogP contribution in [0.2, 0.25) is 0 Å². The van der Waals surface area contributed by atoms with Crippen LogP contribution in [0.15, 0.2) is 36.7 Å². The number of halogens is 1.